The lowest BCUT2D eigenvalue weighted by Crippen LogP contribution is -2.38. The minimum atomic E-state index is -4.78. The van der Waals surface area contributed by atoms with E-state index in [1.165, 1.54) is 31.4 Å². The van der Waals surface area contributed by atoms with Crippen molar-refractivity contribution in [1.82, 2.24) is 9.97 Å². The number of imidazole rings is 1. The Hall–Kier alpha value is -3.97. The number of fused-ring (bicyclic) bond motifs is 1. The Morgan fingerprint density at radius 3 is 2.58 bits per heavy atom. The Morgan fingerprint density at radius 1 is 1.10 bits per heavy atom. The zero-order chi connectivity index (χ0) is 29.0. The smallest absolute Gasteiger partial charge is 0.382 e. The first-order chi connectivity index (χ1) is 19.0. The number of nitrogens with two attached hydrogens (primary N) is 1. The number of carbonyl (C=O) groups is 2. The van der Waals surface area contributed by atoms with Crippen LogP contribution in [0.2, 0.25) is 5.02 Å². The van der Waals surface area contributed by atoms with E-state index < -0.39 is 29.1 Å². The van der Waals surface area contributed by atoms with Gasteiger partial charge >= 0.3 is 6.18 Å². The summed E-state index contributed by atoms with van der Waals surface area (Å²) in [6.45, 7) is 2.45. The maximum absolute atomic E-state index is 13.6. The highest BCUT2D eigenvalue weighted by atomic mass is 35.5. The molecule has 0 aliphatic carbocycles. The normalized spacial score (nSPS) is 11.6. The van der Waals surface area contributed by atoms with Gasteiger partial charge < -0.3 is 19.8 Å². The molecule has 13 heteroatoms. The van der Waals surface area contributed by atoms with Crippen molar-refractivity contribution in [2.45, 2.75) is 19.7 Å². The van der Waals surface area contributed by atoms with E-state index >= 15 is 0 Å². The van der Waals surface area contributed by atoms with Gasteiger partial charge in [0, 0.05) is 17.8 Å². The quantitative estimate of drug-likeness (QED) is 0.105. The van der Waals surface area contributed by atoms with Gasteiger partial charge in [-0.2, -0.15) is 13.2 Å². The fourth-order valence-corrected chi connectivity index (χ4v) is 4.12. The van der Waals surface area contributed by atoms with E-state index in [0.29, 0.717) is 45.8 Å². The summed E-state index contributed by atoms with van der Waals surface area (Å²) in [4.78, 5) is 34.1. The third-order valence-electron chi connectivity index (χ3n) is 6.01. The van der Waals surface area contributed by atoms with Crippen LogP contribution in [0.1, 0.15) is 37.7 Å². The number of ether oxygens (including phenoxy) is 2. The van der Waals surface area contributed by atoms with Gasteiger partial charge in [0.25, 0.3) is 11.8 Å². The van der Waals surface area contributed by atoms with E-state index in [1.807, 2.05) is 0 Å². The molecule has 1 heterocycles. The number of nitrogens with zero attached hydrogens (tertiary/aromatic N) is 2. The van der Waals surface area contributed by atoms with E-state index in [2.05, 4.69) is 15.3 Å². The molecule has 0 fully saturated rings. The number of amides is 2. The van der Waals surface area contributed by atoms with Crippen LogP contribution in [0.15, 0.2) is 54.6 Å². The molecule has 4 N–H and O–H groups in total. The van der Waals surface area contributed by atoms with Gasteiger partial charge in [-0.25, -0.2) is 15.8 Å². The highest BCUT2D eigenvalue weighted by molar-refractivity contribution is 6.31. The molecule has 0 aliphatic rings. The lowest BCUT2D eigenvalue weighted by atomic mass is 10.1. The van der Waals surface area contributed by atoms with Gasteiger partial charge in [0.15, 0.2) is 0 Å². The summed E-state index contributed by atoms with van der Waals surface area (Å²) in [6, 6.07) is 12.0. The number of hydrazine groups is 1. The van der Waals surface area contributed by atoms with E-state index in [-0.39, 0.29) is 23.4 Å². The second-order valence-electron chi connectivity index (χ2n) is 8.70. The van der Waals surface area contributed by atoms with E-state index in [1.54, 1.807) is 25.1 Å². The number of nitrogens with one attached hydrogen (secondary N) is 2. The first-order valence-corrected chi connectivity index (χ1v) is 12.3. The van der Waals surface area contributed by atoms with Crippen LogP contribution in [0, 0.1) is 6.92 Å². The molecule has 0 saturated carbocycles. The van der Waals surface area contributed by atoms with Gasteiger partial charge in [-0.1, -0.05) is 29.8 Å². The summed E-state index contributed by atoms with van der Waals surface area (Å²) in [5.41, 5.74) is -0.200. The van der Waals surface area contributed by atoms with Gasteiger partial charge in [0.05, 0.1) is 41.1 Å². The van der Waals surface area contributed by atoms with E-state index in [9.17, 15) is 22.8 Å². The van der Waals surface area contributed by atoms with Crippen LogP contribution in [0.25, 0.3) is 11.0 Å². The second-order valence-corrected chi connectivity index (χ2v) is 9.11. The van der Waals surface area contributed by atoms with Crippen LogP contribution in [-0.2, 0) is 22.3 Å². The summed E-state index contributed by atoms with van der Waals surface area (Å²) < 4.78 is 51.2. The van der Waals surface area contributed by atoms with Crippen LogP contribution in [0.4, 0.5) is 24.5 Å². The average Bonchev–Trinajstić information content (AvgIpc) is 3.34. The fraction of sp³-hybridized carbons (Fsp3) is 0.222. The van der Waals surface area contributed by atoms with Crippen molar-refractivity contribution in [3.63, 3.8) is 0 Å². The third-order valence-corrected chi connectivity index (χ3v) is 6.42. The van der Waals surface area contributed by atoms with Crippen LogP contribution >= 0.6 is 11.6 Å². The number of methoxy groups -OCH3 is 1. The van der Waals surface area contributed by atoms with Crippen molar-refractivity contribution < 1.29 is 32.2 Å². The van der Waals surface area contributed by atoms with Gasteiger partial charge in [-0.05, 0) is 48.9 Å². The number of halogens is 4. The van der Waals surface area contributed by atoms with Crippen molar-refractivity contribution in [3.05, 3.63) is 87.7 Å². The largest absolute Gasteiger partial charge is 0.417 e. The standard InChI is InChI=1S/C27H25ClF3N5O4/c1-15-20(28)8-5-9-21(15)34-25(37)18-12-16(13-22-24(18)35-23(33-22)14-40-11-10-39-2)36(32)26(38)17-6-3-4-7-19(17)27(29,30)31/h3-9,12-13H,10-11,14,32H2,1-2H3,(H,33,35)(H,34,37). The van der Waals surface area contributed by atoms with Crippen LogP contribution in [0.5, 0.6) is 0 Å². The molecule has 0 radical (unpaired) electrons. The Morgan fingerprint density at radius 2 is 1.85 bits per heavy atom. The lowest BCUT2D eigenvalue weighted by molar-refractivity contribution is -0.137. The van der Waals surface area contributed by atoms with E-state index in [4.69, 9.17) is 26.9 Å². The summed E-state index contributed by atoms with van der Waals surface area (Å²) >= 11 is 6.19. The average molecular weight is 576 g/mol. The summed E-state index contributed by atoms with van der Waals surface area (Å²) in [7, 11) is 1.53. The number of aromatic amines is 1. The monoisotopic (exact) mass is 575 g/mol. The molecule has 3 aromatic carbocycles. The third kappa shape index (κ3) is 6.26. The molecule has 0 saturated heterocycles. The Bertz CT molecular complexity index is 1560. The Kier molecular flexibility index (Phi) is 8.74. The number of carbonyl (C=O) groups excluding carboxylic acids is 2. The van der Waals surface area contributed by atoms with Gasteiger partial charge in [0.2, 0.25) is 0 Å². The summed E-state index contributed by atoms with van der Waals surface area (Å²) in [5.74, 6) is 4.70. The Labute approximate surface area is 232 Å². The number of hydrogen-bond acceptors (Lipinski definition) is 6. The van der Waals surface area contributed by atoms with Gasteiger partial charge in [0.1, 0.15) is 17.9 Å². The molecule has 0 bridgehead atoms. The highest BCUT2D eigenvalue weighted by Crippen LogP contribution is 2.33. The highest BCUT2D eigenvalue weighted by Gasteiger charge is 2.36. The Balaban J connectivity index is 1.76. The molecule has 0 atom stereocenters. The summed E-state index contributed by atoms with van der Waals surface area (Å²) in [6.07, 6.45) is -4.78. The number of aromatic nitrogens is 2. The minimum Gasteiger partial charge on any atom is -0.382 e. The van der Waals surface area contributed by atoms with Crippen molar-refractivity contribution in [2.75, 3.05) is 30.6 Å². The molecule has 4 rings (SSSR count). The predicted octanol–water partition coefficient (Wildman–Crippen LogP) is 5.48. The molecule has 4 aromatic rings. The van der Waals surface area contributed by atoms with Crippen molar-refractivity contribution >= 4 is 45.8 Å². The zero-order valence-corrected chi connectivity index (χ0v) is 22.2. The fourth-order valence-electron chi connectivity index (χ4n) is 3.94. The predicted molar refractivity (Wildman–Crippen MR) is 144 cm³/mol. The number of anilines is 2. The minimum absolute atomic E-state index is 0.0126. The number of H-pyrrole nitrogens is 1. The molecule has 2 amide bonds. The number of alkyl halides is 3. The molecular weight excluding hydrogens is 551 g/mol. The molecule has 0 unspecified atom stereocenters. The van der Waals surface area contributed by atoms with E-state index in [0.717, 1.165) is 12.1 Å². The van der Waals surface area contributed by atoms with Gasteiger partial charge in [-0.3, -0.25) is 9.59 Å². The summed E-state index contributed by atoms with van der Waals surface area (Å²) in [5, 5.41) is 3.76. The molecule has 210 valence electrons. The van der Waals surface area contributed by atoms with Crippen molar-refractivity contribution in [2.24, 2.45) is 5.84 Å². The number of benzene rings is 3. The van der Waals surface area contributed by atoms with Crippen LogP contribution in [-0.4, -0.2) is 42.1 Å². The lowest BCUT2D eigenvalue weighted by Gasteiger charge is -2.20. The first-order valence-electron chi connectivity index (χ1n) is 11.9. The maximum atomic E-state index is 13.6. The van der Waals surface area contributed by atoms with Crippen molar-refractivity contribution in [1.29, 1.82) is 0 Å². The van der Waals surface area contributed by atoms with Crippen LogP contribution in [0.3, 0.4) is 0 Å². The molecule has 0 spiro atoms. The zero-order valence-electron chi connectivity index (χ0n) is 21.4. The van der Waals surface area contributed by atoms with Crippen LogP contribution < -0.4 is 16.2 Å². The number of hydrogen-bond donors (Lipinski definition) is 3. The first kappa shape index (κ1) is 29.0. The van der Waals surface area contributed by atoms with Crippen molar-refractivity contribution in [3.8, 4) is 0 Å². The van der Waals surface area contributed by atoms with Gasteiger partial charge in [-0.15, -0.1) is 0 Å². The second kappa shape index (κ2) is 12.0. The molecule has 0 aliphatic heterocycles. The molecule has 9 nitrogen and oxygen atoms in total. The molecule has 1 aromatic heterocycles. The molecule has 40 heavy (non-hydrogen) atoms. The molecular formula is C27H25ClF3N5O4. The number of rotatable bonds is 9. The SMILES string of the molecule is COCCOCc1nc2c(C(=O)Nc3cccc(Cl)c3C)cc(N(N)C(=O)c3ccccc3C(F)(F)F)cc2[nH]1. The topological polar surface area (TPSA) is 123 Å². The maximum Gasteiger partial charge on any atom is 0.417 e.